The van der Waals surface area contributed by atoms with Crippen molar-refractivity contribution in [3.8, 4) is 0 Å². The minimum Gasteiger partial charge on any atom is -0.469 e. The number of ether oxygens (including phenoxy) is 1. The third-order valence-corrected chi connectivity index (χ3v) is 3.30. The average molecular weight is 368 g/mol. The van der Waals surface area contributed by atoms with E-state index in [0.717, 1.165) is 12.1 Å². The van der Waals surface area contributed by atoms with E-state index in [-0.39, 0.29) is 23.0 Å². The van der Waals surface area contributed by atoms with Crippen LogP contribution in [-0.4, -0.2) is 25.5 Å². The van der Waals surface area contributed by atoms with Crippen LogP contribution in [0.25, 0.3) is 0 Å². The Kier molecular flexibility index (Phi) is 6.19. The van der Waals surface area contributed by atoms with Crippen LogP contribution in [0, 0.1) is 0 Å². The second-order valence-corrected chi connectivity index (χ2v) is 4.98. The van der Waals surface area contributed by atoms with E-state index in [1.165, 1.54) is 13.2 Å². The molecule has 0 atom stereocenters. The van der Waals surface area contributed by atoms with Gasteiger partial charge in [0.05, 0.1) is 18.2 Å². The van der Waals surface area contributed by atoms with Crippen molar-refractivity contribution in [3.63, 3.8) is 0 Å². The van der Waals surface area contributed by atoms with E-state index in [4.69, 9.17) is 0 Å². The first kappa shape index (κ1) is 17.5. The topological polar surface area (TPSA) is 55.4 Å². The standard InChI is InChI=1S/C13H13BrF3NO3/c1-21-11(19)3-2-6-18-12(20)9-7-8(13(15,16)17)4-5-10(9)14/h4-5,7H,2-3,6H2,1H3,(H,18,20). The van der Waals surface area contributed by atoms with Gasteiger partial charge in [0, 0.05) is 17.4 Å². The van der Waals surface area contributed by atoms with E-state index in [1.807, 2.05) is 0 Å². The molecule has 0 unspecified atom stereocenters. The monoisotopic (exact) mass is 367 g/mol. The van der Waals surface area contributed by atoms with Crippen LogP contribution in [0.1, 0.15) is 28.8 Å². The lowest BCUT2D eigenvalue weighted by Crippen LogP contribution is -2.25. The fourth-order valence-electron chi connectivity index (χ4n) is 1.51. The maximum atomic E-state index is 12.6. The molecule has 0 saturated heterocycles. The Morgan fingerprint density at radius 3 is 2.57 bits per heavy atom. The van der Waals surface area contributed by atoms with Crippen LogP contribution < -0.4 is 5.32 Å². The summed E-state index contributed by atoms with van der Waals surface area (Å²) in [5.74, 6) is -1.05. The zero-order chi connectivity index (χ0) is 16.0. The molecule has 0 aliphatic carbocycles. The van der Waals surface area contributed by atoms with Crippen molar-refractivity contribution in [2.45, 2.75) is 19.0 Å². The third kappa shape index (κ3) is 5.37. The van der Waals surface area contributed by atoms with Crippen LogP contribution in [0.15, 0.2) is 22.7 Å². The highest BCUT2D eigenvalue weighted by atomic mass is 79.9. The molecule has 0 fully saturated rings. The first-order valence-electron chi connectivity index (χ1n) is 5.97. The second-order valence-electron chi connectivity index (χ2n) is 4.13. The van der Waals surface area contributed by atoms with Gasteiger partial charge >= 0.3 is 12.1 Å². The summed E-state index contributed by atoms with van der Waals surface area (Å²) < 4.78 is 42.5. The fraction of sp³-hybridized carbons (Fsp3) is 0.385. The number of alkyl halides is 3. The molecule has 0 aliphatic heterocycles. The molecule has 1 aromatic carbocycles. The number of nitrogens with one attached hydrogen (secondary N) is 1. The van der Waals surface area contributed by atoms with E-state index >= 15 is 0 Å². The predicted molar refractivity (Wildman–Crippen MR) is 72.7 cm³/mol. The van der Waals surface area contributed by atoms with Crippen molar-refractivity contribution < 1.29 is 27.5 Å². The summed E-state index contributed by atoms with van der Waals surface area (Å²) in [6, 6.07) is 2.84. The largest absolute Gasteiger partial charge is 0.469 e. The molecule has 0 heterocycles. The van der Waals surface area contributed by atoms with Gasteiger partial charge in [0.2, 0.25) is 0 Å². The Labute approximate surface area is 127 Å². The van der Waals surface area contributed by atoms with Crippen molar-refractivity contribution in [1.29, 1.82) is 0 Å². The molecule has 0 bridgehead atoms. The summed E-state index contributed by atoms with van der Waals surface area (Å²) >= 11 is 3.04. The first-order chi connectivity index (χ1) is 9.75. The molecule has 8 heteroatoms. The van der Waals surface area contributed by atoms with Gasteiger partial charge in [-0.1, -0.05) is 0 Å². The Balaban J connectivity index is 2.67. The Morgan fingerprint density at radius 2 is 2.00 bits per heavy atom. The number of hydrogen-bond donors (Lipinski definition) is 1. The SMILES string of the molecule is COC(=O)CCCNC(=O)c1cc(C(F)(F)F)ccc1Br. The van der Waals surface area contributed by atoms with Crippen molar-refractivity contribution in [2.24, 2.45) is 0 Å². The summed E-state index contributed by atoms with van der Waals surface area (Å²) in [7, 11) is 1.25. The van der Waals surface area contributed by atoms with Gasteiger partial charge in [0.25, 0.3) is 5.91 Å². The number of rotatable bonds is 5. The van der Waals surface area contributed by atoms with Gasteiger partial charge in [-0.3, -0.25) is 9.59 Å². The Hall–Kier alpha value is -1.57. The fourth-order valence-corrected chi connectivity index (χ4v) is 1.93. The van der Waals surface area contributed by atoms with E-state index in [0.29, 0.717) is 6.42 Å². The van der Waals surface area contributed by atoms with Gasteiger partial charge in [0.1, 0.15) is 0 Å². The van der Waals surface area contributed by atoms with Crippen LogP contribution in [0.5, 0.6) is 0 Å². The van der Waals surface area contributed by atoms with Crippen LogP contribution in [0.3, 0.4) is 0 Å². The zero-order valence-electron chi connectivity index (χ0n) is 11.1. The lowest BCUT2D eigenvalue weighted by atomic mass is 10.1. The number of halogens is 4. The minimum atomic E-state index is -4.51. The smallest absolute Gasteiger partial charge is 0.416 e. The molecule has 0 radical (unpaired) electrons. The van der Waals surface area contributed by atoms with Gasteiger partial charge in [-0.15, -0.1) is 0 Å². The Morgan fingerprint density at radius 1 is 1.33 bits per heavy atom. The molecular formula is C13H13BrF3NO3. The summed E-state index contributed by atoms with van der Waals surface area (Å²) in [4.78, 5) is 22.7. The molecule has 1 N–H and O–H groups in total. The van der Waals surface area contributed by atoms with Gasteiger partial charge in [-0.25, -0.2) is 0 Å². The molecule has 0 spiro atoms. The van der Waals surface area contributed by atoms with Gasteiger partial charge < -0.3 is 10.1 Å². The maximum absolute atomic E-state index is 12.6. The number of carbonyl (C=O) groups excluding carboxylic acids is 2. The van der Waals surface area contributed by atoms with Crippen LogP contribution in [0.2, 0.25) is 0 Å². The minimum absolute atomic E-state index is 0.108. The highest BCUT2D eigenvalue weighted by molar-refractivity contribution is 9.10. The quantitative estimate of drug-likeness (QED) is 0.642. The number of hydrogen-bond acceptors (Lipinski definition) is 3. The molecule has 1 rings (SSSR count). The summed E-state index contributed by atoms with van der Waals surface area (Å²) in [6.07, 6.45) is -4.05. The first-order valence-corrected chi connectivity index (χ1v) is 6.76. The molecule has 0 saturated carbocycles. The summed E-state index contributed by atoms with van der Waals surface area (Å²) in [6.45, 7) is 0.163. The molecular weight excluding hydrogens is 355 g/mol. The molecule has 0 aliphatic rings. The molecule has 21 heavy (non-hydrogen) atoms. The molecule has 0 aromatic heterocycles. The Bertz CT molecular complexity index is 532. The van der Waals surface area contributed by atoms with Crippen molar-refractivity contribution in [3.05, 3.63) is 33.8 Å². The van der Waals surface area contributed by atoms with E-state index in [1.54, 1.807) is 0 Å². The van der Waals surface area contributed by atoms with Crippen LogP contribution in [-0.2, 0) is 15.7 Å². The van der Waals surface area contributed by atoms with Crippen LogP contribution >= 0.6 is 15.9 Å². The second kappa shape index (κ2) is 7.44. The van der Waals surface area contributed by atoms with Gasteiger partial charge in [-0.05, 0) is 40.5 Å². The molecule has 1 aromatic rings. The lowest BCUT2D eigenvalue weighted by Gasteiger charge is -2.11. The molecule has 1 amide bonds. The number of carbonyl (C=O) groups is 2. The van der Waals surface area contributed by atoms with Gasteiger partial charge in [0.15, 0.2) is 0 Å². The highest BCUT2D eigenvalue weighted by Gasteiger charge is 2.31. The number of benzene rings is 1. The van der Waals surface area contributed by atoms with Crippen molar-refractivity contribution >= 4 is 27.8 Å². The number of esters is 1. The highest BCUT2D eigenvalue weighted by Crippen LogP contribution is 2.31. The van der Waals surface area contributed by atoms with E-state index in [2.05, 4.69) is 26.0 Å². The van der Waals surface area contributed by atoms with E-state index < -0.39 is 23.6 Å². The predicted octanol–water partition coefficient (Wildman–Crippen LogP) is 3.15. The van der Waals surface area contributed by atoms with Crippen LogP contribution in [0.4, 0.5) is 13.2 Å². The van der Waals surface area contributed by atoms with Gasteiger partial charge in [-0.2, -0.15) is 13.2 Å². The number of methoxy groups -OCH3 is 1. The molecule has 116 valence electrons. The number of amides is 1. The van der Waals surface area contributed by atoms with Crippen molar-refractivity contribution in [2.75, 3.05) is 13.7 Å². The normalized spacial score (nSPS) is 11.1. The third-order valence-electron chi connectivity index (χ3n) is 2.61. The molecule has 4 nitrogen and oxygen atoms in total. The average Bonchev–Trinajstić information content (AvgIpc) is 2.42. The summed E-state index contributed by atoms with van der Waals surface area (Å²) in [5.41, 5.74) is -1.01. The van der Waals surface area contributed by atoms with Crippen molar-refractivity contribution in [1.82, 2.24) is 5.32 Å². The summed E-state index contributed by atoms with van der Waals surface area (Å²) in [5, 5.41) is 2.45. The lowest BCUT2D eigenvalue weighted by molar-refractivity contribution is -0.140. The van der Waals surface area contributed by atoms with E-state index in [9.17, 15) is 22.8 Å². The maximum Gasteiger partial charge on any atom is 0.416 e. The zero-order valence-corrected chi connectivity index (χ0v) is 12.7.